The summed E-state index contributed by atoms with van der Waals surface area (Å²) in [5.41, 5.74) is 3.31. The monoisotopic (exact) mass is 207 g/mol. The van der Waals surface area contributed by atoms with Crippen LogP contribution in [0.3, 0.4) is 0 Å². The summed E-state index contributed by atoms with van der Waals surface area (Å²) in [5, 5.41) is 3.28. The van der Waals surface area contributed by atoms with Gasteiger partial charge in [0.1, 0.15) is 5.82 Å². The number of rotatable bonds is 2. The molecule has 0 radical (unpaired) electrons. The molecule has 1 aromatic rings. The first kappa shape index (κ1) is 10.6. The molecule has 0 amide bonds. The van der Waals surface area contributed by atoms with Gasteiger partial charge in [0.25, 0.3) is 0 Å². The zero-order valence-electron chi connectivity index (χ0n) is 9.60. The maximum Gasteiger partial charge on any atom is 0.126 e. The van der Waals surface area contributed by atoms with Crippen molar-refractivity contribution < 1.29 is 4.39 Å². The molecule has 1 aliphatic rings. The van der Waals surface area contributed by atoms with Gasteiger partial charge in [-0.15, -0.1) is 0 Å². The summed E-state index contributed by atoms with van der Waals surface area (Å²) in [4.78, 5) is 0. The lowest BCUT2D eigenvalue weighted by atomic mass is 9.97. The van der Waals surface area contributed by atoms with Gasteiger partial charge in [0, 0.05) is 6.04 Å². The van der Waals surface area contributed by atoms with E-state index in [0.29, 0.717) is 6.04 Å². The van der Waals surface area contributed by atoms with Gasteiger partial charge in [0.05, 0.1) is 0 Å². The topological polar surface area (TPSA) is 12.0 Å². The van der Waals surface area contributed by atoms with Crippen molar-refractivity contribution in [1.82, 2.24) is 5.32 Å². The van der Waals surface area contributed by atoms with Gasteiger partial charge in [-0.05, 0) is 48.6 Å². The quantitative estimate of drug-likeness (QED) is 0.785. The highest BCUT2D eigenvalue weighted by molar-refractivity contribution is 5.39. The van der Waals surface area contributed by atoms with E-state index in [9.17, 15) is 4.39 Å². The number of aryl methyl sites for hydroxylation is 1. The summed E-state index contributed by atoms with van der Waals surface area (Å²) >= 11 is 0. The number of benzene rings is 1. The summed E-state index contributed by atoms with van der Waals surface area (Å²) in [6.45, 7) is 4.07. The lowest BCUT2D eigenvalue weighted by Gasteiger charge is -2.14. The summed E-state index contributed by atoms with van der Waals surface area (Å²) < 4.78 is 13.7. The van der Waals surface area contributed by atoms with Crippen molar-refractivity contribution in [1.29, 1.82) is 0 Å². The molecular formula is C13H18FN. The molecular weight excluding hydrogens is 189 g/mol. The van der Waals surface area contributed by atoms with Crippen LogP contribution < -0.4 is 5.32 Å². The SMILES string of the molecule is CNC1CCc2cc(F)c(C(C)C)cc21. The Morgan fingerprint density at radius 2 is 2.13 bits per heavy atom. The number of halogens is 1. The predicted molar refractivity (Wildman–Crippen MR) is 60.6 cm³/mol. The van der Waals surface area contributed by atoms with Crippen LogP contribution in [0.5, 0.6) is 0 Å². The van der Waals surface area contributed by atoms with Crippen molar-refractivity contribution in [2.24, 2.45) is 0 Å². The highest BCUT2D eigenvalue weighted by atomic mass is 19.1. The third-order valence-corrected chi connectivity index (χ3v) is 3.31. The van der Waals surface area contributed by atoms with Gasteiger partial charge in [0.2, 0.25) is 0 Å². The van der Waals surface area contributed by atoms with E-state index in [1.807, 2.05) is 27.0 Å². The predicted octanol–water partition coefficient (Wildman–Crippen LogP) is 3.16. The Morgan fingerprint density at radius 3 is 2.73 bits per heavy atom. The molecule has 0 bridgehead atoms. The normalized spacial score (nSPS) is 19.7. The molecule has 0 saturated carbocycles. The number of hydrogen-bond donors (Lipinski definition) is 1. The van der Waals surface area contributed by atoms with E-state index in [1.165, 1.54) is 11.1 Å². The van der Waals surface area contributed by atoms with Crippen LogP contribution in [-0.4, -0.2) is 7.05 Å². The maximum atomic E-state index is 13.7. The third-order valence-electron chi connectivity index (χ3n) is 3.31. The van der Waals surface area contributed by atoms with E-state index in [0.717, 1.165) is 18.4 Å². The molecule has 0 fully saturated rings. The molecule has 0 spiro atoms. The molecule has 1 aromatic carbocycles. The summed E-state index contributed by atoms with van der Waals surface area (Å²) in [5.74, 6) is 0.217. The summed E-state index contributed by atoms with van der Waals surface area (Å²) in [6.07, 6.45) is 2.09. The van der Waals surface area contributed by atoms with Crippen LogP contribution in [0.15, 0.2) is 12.1 Å². The molecule has 2 heteroatoms. The van der Waals surface area contributed by atoms with Crippen molar-refractivity contribution >= 4 is 0 Å². The molecule has 1 N–H and O–H groups in total. The molecule has 1 aliphatic carbocycles. The maximum absolute atomic E-state index is 13.7. The minimum atomic E-state index is -0.0412. The molecule has 0 aromatic heterocycles. The molecule has 82 valence electrons. The summed E-state index contributed by atoms with van der Waals surface area (Å²) in [6, 6.07) is 4.18. The van der Waals surface area contributed by atoms with E-state index >= 15 is 0 Å². The largest absolute Gasteiger partial charge is 0.313 e. The Labute approximate surface area is 90.7 Å². The molecule has 2 rings (SSSR count). The van der Waals surface area contributed by atoms with E-state index in [1.54, 1.807) is 6.07 Å². The number of fused-ring (bicyclic) bond motifs is 1. The lowest BCUT2D eigenvalue weighted by molar-refractivity contribution is 0.584. The standard InChI is InChI=1S/C13H18FN/c1-8(2)10-7-11-9(6-12(10)14)4-5-13(11)15-3/h6-8,13,15H,4-5H2,1-3H3. The molecule has 0 saturated heterocycles. The van der Waals surface area contributed by atoms with Crippen LogP contribution in [0.25, 0.3) is 0 Å². The van der Waals surface area contributed by atoms with E-state index in [-0.39, 0.29) is 11.7 Å². The van der Waals surface area contributed by atoms with Crippen molar-refractivity contribution in [2.45, 2.75) is 38.6 Å². The van der Waals surface area contributed by atoms with Gasteiger partial charge in [0.15, 0.2) is 0 Å². The fourth-order valence-electron chi connectivity index (χ4n) is 2.39. The molecule has 0 aliphatic heterocycles. The van der Waals surface area contributed by atoms with Gasteiger partial charge in [-0.1, -0.05) is 19.9 Å². The highest BCUT2D eigenvalue weighted by Crippen LogP contribution is 2.34. The Kier molecular flexibility index (Phi) is 2.79. The number of nitrogens with one attached hydrogen (secondary N) is 1. The van der Waals surface area contributed by atoms with Crippen LogP contribution in [0.1, 0.15) is 48.9 Å². The Bertz CT molecular complexity index is 371. The zero-order chi connectivity index (χ0) is 11.0. The minimum Gasteiger partial charge on any atom is -0.313 e. The fourth-order valence-corrected chi connectivity index (χ4v) is 2.39. The van der Waals surface area contributed by atoms with Crippen LogP contribution >= 0.6 is 0 Å². The van der Waals surface area contributed by atoms with E-state index in [2.05, 4.69) is 5.32 Å². The molecule has 1 nitrogen and oxygen atoms in total. The van der Waals surface area contributed by atoms with Gasteiger partial charge < -0.3 is 5.32 Å². The van der Waals surface area contributed by atoms with Gasteiger partial charge in [-0.3, -0.25) is 0 Å². The lowest BCUT2D eigenvalue weighted by Crippen LogP contribution is -2.13. The second-order valence-electron chi connectivity index (χ2n) is 4.61. The Morgan fingerprint density at radius 1 is 1.40 bits per heavy atom. The van der Waals surface area contributed by atoms with E-state index < -0.39 is 0 Å². The average molecular weight is 207 g/mol. The first-order chi connectivity index (χ1) is 7.13. The smallest absolute Gasteiger partial charge is 0.126 e. The first-order valence-electron chi connectivity index (χ1n) is 5.63. The first-order valence-corrected chi connectivity index (χ1v) is 5.63. The van der Waals surface area contributed by atoms with Crippen LogP contribution in [0.4, 0.5) is 4.39 Å². The molecule has 1 unspecified atom stereocenters. The molecule has 0 heterocycles. The van der Waals surface area contributed by atoms with E-state index in [4.69, 9.17) is 0 Å². The fraction of sp³-hybridized carbons (Fsp3) is 0.538. The van der Waals surface area contributed by atoms with Crippen molar-refractivity contribution in [3.8, 4) is 0 Å². The van der Waals surface area contributed by atoms with Crippen LogP contribution in [0.2, 0.25) is 0 Å². The number of hydrogen-bond acceptors (Lipinski definition) is 1. The summed E-state index contributed by atoms with van der Waals surface area (Å²) in [7, 11) is 1.97. The molecule has 1 atom stereocenters. The van der Waals surface area contributed by atoms with Gasteiger partial charge >= 0.3 is 0 Å². The van der Waals surface area contributed by atoms with Crippen molar-refractivity contribution in [3.05, 3.63) is 34.6 Å². The van der Waals surface area contributed by atoms with Crippen LogP contribution in [0, 0.1) is 5.82 Å². The molecule has 15 heavy (non-hydrogen) atoms. The highest BCUT2D eigenvalue weighted by Gasteiger charge is 2.23. The second-order valence-corrected chi connectivity index (χ2v) is 4.61. The third kappa shape index (κ3) is 1.78. The Hall–Kier alpha value is -0.890. The second kappa shape index (κ2) is 3.93. The van der Waals surface area contributed by atoms with Crippen molar-refractivity contribution in [3.63, 3.8) is 0 Å². The average Bonchev–Trinajstić information content (AvgIpc) is 2.58. The zero-order valence-corrected chi connectivity index (χ0v) is 9.60. The minimum absolute atomic E-state index is 0.0412. The van der Waals surface area contributed by atoms with Crippen LogP contribution in [-0.2, 0) is 6.42 Å². The Balaban J connectivity index is 2.47. The van der Waals surface area contributed by atoms with Crippen molar-refractivity contribution in [2.75, 3.05) is 7.05 Å². The van der Waals surface area contributed by atoms with Gasteiger partial charge in [-0.2, -0.15) is 0 Å². The van der Waals surface area contributed by atoms with Gasteiger partial charge in [-0.25, -0.2) is 4.39 Å².